The molecule has 0 saturated heterocycles. The van der Waals surface area contributed by atoms with Crippen LogP contribution in [0.5, 0.6) is 5.75 Å². The van der Waals surface area contributed by atoms with Gasteiger partial charge >= 0.3 is 5.97 Å². The Balaban J connectivity index is 1.56. The monoisotopic (exact) mass is 349 g/mol. The summed E-state index contributed by atoms with van der Waals surface area (Å²) < 4.78 is 10.5. The number of esters is 1. The summed E-state index contributed by atoms with van der Waals surface area (Å²) in [5, 5.41) is 4.75. The highest BCUT2D eigenvalue weighted by Crippen LogP contribution is 2.23. The van der Waals surface area contributed by atoms with Crippen LogP contribution in [0.2, 0.25) is 0 Å². The van der Waals surface area contributed by atoms with Crippen molar-refractivity contribution < 1.29 is 19.1 Å². The van der Waals surface area contributed by atoms with Gasteiger partial charge in [-0.05, 0) is 30.5 Å². The Morgan fingerprint density at radius 2 is 1.62 bits per heavy atom. The second kappa shape index (κ2) is 8.16. The van der Waals surface area contributed by atoms with Gasteiger partial charge < -0.3 is 14.8 Å². The zero-order valence-corrected chi connectivity index (χ0v) is 14.3. The fourth-order valence-corrected chi connectivity index (χ4v) is 2.51. The molecule has 0 aromatic heterocycles. The van der Waals surface area contributed by atoms with Crippen LogP contribution in [0.15, 0.2) is 72.8 Å². The Labute approximate surface area is 151 Å². The third-order valence-corrected chi connectivity index (χ3v) is 3.82. The molecule has 3 aromatic rings. The first-order valence-corrected chi connectivity index (χ1v) is 8.29. The molecule has 0 heterocycles. The molecule has 132 valence electrons. The van der Waals surface area contributed by atoms with Crippen LogP contribution in [0.4, 0.5) is 5.69 Å². The summed E-state index contributed by atoms with van der Waals surface area (Å²) in [5.41, 5.74) is 0.677. The molecule has 0 radical (unpaired) electrons. The summed E-state index contributed by atoms with van der Waals surface area (Å²) in [7, 11) is 0. The molecule has 3 rings (SSSR count). The number of carbonyl (C=O) groups is 2. The van der Waals surface area contributed by atoms with Crippen LogP contribution in [-0.2, 0) is 14.3 Å². The van der Waals surface area contributed by atoms with Crippen LogP contribution in [-0.4, -0.2) is 24.6 Å². The average Bonchev–Trinajstić information content (AvgIpc) is 2.67. The second-order valence-electron chi connectivity index (χ2n) is 5.75. The zero-order valence-electron chi connectivity index (χ0n) is 14.3. The van der Waals surface area contributed by atoms with E-state index < -0.39 is 18.0 Å². The van der Waals surface area contributed by atoms with Gasteiger partial charge in [0.05, 0.1) is 0 Å². The van der Waals surface area contributed by atoms with Crippen molar-refractivity contribution >= 4 is 28.3 Å². The van der Waals surface area contributed by atoms with E-state index in [-0.39, 0.29) is 6.61 Å². The lowest BCUT2D eigenvalue weighted by Gasteiger charge is -2.15. The Morgan fingerprint density at radius 3 is 2.42 bits per heavy atom. The molecule has 3 aromatic carbocycles. The van der Waals surface area contributed by atoms with Gasteiger partial charge in [0.1, 0.15) is 5.75 Å². The summed E-state index contributed by atoms with van der Waals surface area (Å²) in [4.78, 5) is 24.2. The number of hydrogen-bond acceptors (Lipinski definition) is 4. The highest BCUT2D eigenvalue weighted by Gasteiger charge is 2.19. The van der Waals surface area contributed by atoms with Gasteiger partial charge in [-0.1, -0.05) is 54.6 Å². The molecule has 0 saturated carbocycles. The van der Waals surface area contributed by atoms with Crippen molar-refractivity contribution in [1.29, 1.82) is 0 Å². The lowest BCUT2D eigenvalue weighted by molar-refractivity contribution is -0.155. The number of para-hydroxylation sites is 1. The highest BCUT2D eigenvalue weighted by atomic mass is 16.6. The Bertz CT molecular complexity index is 903. The van der Waals surface area contributed by atoms with Gasteiger partial charge in [-0.3, -0.25) is 4.79 Å². The first-order chi connectivity index (χ1) is 12.6. The van der Waals surface area contributed by atoms with Crippen LogP contribution >= 0.6 is 0 Å². The van der Waals surface area contributed by atoms with Gasteiger partial charge in [-0.2, -0.15) is 0 Å². The fraction of sp³-hybridized carbons (Fsp3) is 0.143. The maximum absolute atomic E-state index is 12.3. The third-order valence-electron chi connectivity index (χ3n) is 3.82. The molecule has 5 heteroatoms. The van der Waals surface area contributed by atoms with Crippen LogP contribution in [0.1, 0.15) is 6.92 Å². The van der Waals surface area contributed by atoms with Crippen LogP contribution in [0, 0.1) is 0 Å². The van der Waals surface area contributed by atoms with E-state index in [1.54, 1.807) is 24.3 Å². The summed E-state index contributed by atoms with van der Waals surface area (Å²) in [6.07, 6.45) is -0.930. The molecule has 1 amide bonds. The molecule has 0 bridgehead atoms. The third kappa shape index (κ3) is 4.39. The number of amides is 1. The Hall–Kier alpha value is -3.34. The minimum atomic E-state index is -0.930. The summed E-state index contributed by atoms with van der Waals surface area (Å²) in [6, 6.07) is 22.3. The Morgan fingerprint density at radius 1 is 0.923 bits per heavy atom. The molecule has 0 fully saturated rings. The second-order valence-corrected chi connectivity index (χ2v) is 5.75. The number of ether oxygens (including phenoxy) is 2. The minimum Gasteiger partial charge on any atom is -0.482 e. The number of hydrogen-bond donors (Lipinski definition) is 1. The van der Waals surface area contributed by atoms with Gasteiger partial charge in [0.15, 0.2) is 12.7 Å². The quantitative estimate of drug-likeness (QED) is 0.688. The standard InChI is InChI=1S/C21H19NO4/c1-15(26-20(23)14-25-17-10-3-2-4-11-17)21(24)22-19-13-7-9-16-8-5-6-12-18(16)19/h2-13,15H,14H2,1H3,(H,22,24)/t15-/m0/s1. The van der Waals surface area contributed by atoms with E-state index in [1.807, 2.05) is 48.5 Å². The van der Waals surface area contributed by atoms with Gasteiger partial charge in [-0.25, -0.2) is 4.79 Å². The van der Waals surface area contributed by atoms with Gasteiger partial charge in [0.25, 0.3) is 5.91 Å². The molecule has 0 unspecified atom stereocenters. The number of anilines is 1. The number of fused-ring (bicyclic) bond motifs is 1. The lowest BCUT2D eigenvalue weighted by atomic mass is 10.1. The molecule has 0 aliphatic carbocycles. The van der Waals surface area contributed by atoms with E-state index in [0.717, 1.165) is 10.8 Å². The molecular formula is C21H19NO4. The van der Waals surface area contributed by atoms with Crippen molar-refractivity contribution in [2.75, 3.05) is 11.9 Å². The predicted octanol–water partition coefficient (Wildman–Crippen LogP) is 3.79. The van der Waals surface area contributed by atoms with Crippen molar-refractivity contribution in [2.24, 2.45) is 0 Å². The van der Waals surface area contributed by atoms with Crippen molar-refractivity contribution in [2.45, 2.75) is 13.0 Å². The van der Waals surface area contributed by atoms with Crippen molar-refractivity contribution in [3.8, 4) is 5.75 Å². The fourth-order valence-electron chi connectivity index (χ4n) is 2.51. The van der Waals surface area contributed by atoms with E-state index in [1.165, 1.54) is 6.92 Å². The average molecular weight is 349 g/mol. The molecule has 26 heavy (non-hydrogen) atoms. The predicted molar refractivity (Wildman–Crippen MR) is 100 cm³/mol. The molecule has 1 N–H and O–H groups in total. The SMILES string of the molecule is C[C@H](OC(=O)COc1ccccc1)C(=O)Nc1cccc2ccccc12. The lowest BCUT2D eigenvalue weighted by Crippen LogP contribution is -2.31. The summed E-state index contributed by atoms with van der Waals surface area (Å²) in [5.74, 6) is -0.429. The van der Waals surface area contributed by atoms with E-state index >= 15 is 0 Å². The molecule has 0 spiro atoms. The van der Waals surface area contributed by atoms with E-state index in [2.05, 4.69) is 5.32 Å². The zero-order chi connectivity index (χ0) is 18.4. The topological polar surface area (TPSA) is 64.6 Å². The maximum atomic E-state index is 12.3. The summed E-state index contributed by atoms with van der Waals surface area (Å²) in [6.45, 7) is 1.27. The first kappa shape index (κ1) is 17.5. The Kier molecular flexibility index (Phi) is 5.49. The van der Waals surface area contributed by atoms with E-state index in [4.69, 9.17) is 9.47 Å². The van der Waals surface area contributed by atoms with Crippen LogP contribution < -0.4 is 10.1 Å². The van der Waals surface area contributed by atoms with Crippen LogP contribution in [0.25, 0.3) is 10.8 Å². The van der Waals surface area contributed by atoms with Gasteiger partial charge in [0, 0.05) is 11.1 Å². The van der Waals surface area contributed by atoms with Gasteiger partial charge in [-0.15, -0.1) is 0 Å². The largest absolute Gasteiger partial charge is 0.482 e. The number of nitrogens with one attached hydrogen (secondary N) is 1. The smallest absolute Gasteiger partial charge is 0.344 e. The number of rotatable bonds is 6. The highest BCUT2D eigenvalue weighted by molar-refractivity contribution is 6.03. The normalized spacial score (nSPS) is 11.6. The summed E-state index contributed by atoms with van der Waals surface area (Å²) >= 11 is 0. The maximum Gasteiger partial charge on any atom is 0.344 e. The van der Waals surface area contributed by atoms with Crippen LogP contribution in [0.3, 0.4) is 0 Å². The molecule has 0 aliphatic heterocycles. The van der Waals surface area contributed by atoms with E-state index in [9.17, 15) is 9.59 Å². The van der Waals surface area contributed by atoms with Crippen molar-refractivity contribution in [1.82, 2.24) is 0 Å². The molecular weight excluding hydrogens is 330 g/mol. The number of carbonyl (C=O) groups excluding carboxylic acids is 2. The molecule has 1 atom stereocenters. The van der Waals surface area contributed by atoms with Crippen molar-refractivity contribution in [3.63, 3.8) is 0 Å². The molecule has 5 nitrogen and oxygen atoms in total. The molecule has 0 aliphatic rings. The first-order valence-electron chi connectivity index (χ1n) is 8.29. The van der Waals surface area contributed by atoms with Gasteiger partial charge in [0.2, 0.25) is 0 Å². The van der Waals surface area contributed by atoms with Crippen molar-refractivity contribution in [3.05, 3.63) is 72.8 Å². The minimum absolute atomic E-state index is 0.254. The van der Waals surface area contributed by atoms with E-state index in [0.29, 0.717) is 11.4 Å². The number of benzene rings is 3.